The molecule has 0 amide bonds. The highest BCUT2D eigenvalue weighted by Gasteiger charge is 2.18. The minimum atomic E-state index is -3.52. The van der Waals surface area contributed by atoms with E-state index in [2.05, 4.69) is 16.6 Å². The zero-order chi connectivity index (χ0) is 18.0. The maximum absolute atomic E-state index is 12.5. The first-order valence-corrected chi connectivity index (χ1v) is 11.2. The molecule has 3 aromatic rings. The topological polar surface area (TPSA) is 59.1 Å². The van der Waals surface area contributed by atoms with Crippen LogP contribution in [0.3, 0.4) is 0 Å². The van der Waals surface area contributed by atoms with E-state index in [1.54, 1.807) is 17.4 Å². The van der Waals surface area contributed by atoms with E-state index in [-0.39, 0.29) is 6.54 Å². The summed E-state index contributed by atoms with van der Waals surface area (Å²) in [5.41, 5.74) is 5.20. The van der Waals surface area contributed by atoms with Crippen molar-refractivity contribution in [2.24, 2.45) is 0 Å². The van der Waals surface area contributed by atoms with Gasteiger partial charge in [0, 0.05) is 22.9 Å². The predicted octanol–water partition coefficient (Wildman–Crippen LogP) is 4.53. The third kappa shape index (κ3) is 4.17. The number of nitrogens with one attached hydrogen (secondary N) is 1. The predicted molar refractivity (Wildman–Crippen MR) is 105 cm³/mol. The molecule has 0 unspecified atom stereocenters. The van der Waals surface area contributed by atoms with Gasteiger partial charge in [0.15, 0.2) is 0 Å². The van der Waals surface area contributed by atoms with Gasteiger partial charge in [-0.2, -0.15) is 0 Å². The van der Waals surface area contributed by atoms with Gasteiger partial charge in [-0.05, 0) is 43.0 Å². The number of benzene rings is 1. The van der Waals surface area contributed by atoms with Crippen molar-refractivity contribution in [1.29, 1.82) is 0 Å². The first-order chi connectivity index (χ1) is 11.9. The molecule has 0 aliphatic carbocycles. The molecule has 4 nitrogen and oxygen atoms in total. The van der Waals surface area contributed by atoms with Gasteiger partial charge in [0.2, 0.25) is 10.0 Å². The number of hydrogen-bond acceptors (Lipinski definition) is 5. The van der Waals surface area contributed by atoms with Gasteiger partial charge in [-0.1, -0.05) is 25.1 Å². The quantitative estimate of drug-likeness (QED) is 0.670. The number of aromatic nitrogens is 1. The van der Waals surface area contributed by atoms with Crippen LogP contribution in [0.1, 0.15) is 29.3 Å². The maximum atomic E-state index is 12.5. The van der Waals surface area contributed by atoms with E-state index in [4.69, 9.17) is 0 Å². The molecule has 0 bridgehead atoms. The second-order valence-electron chi connectivity index (χ2n) is 5.90. The van der Waals surface area contributed by atoms with E-state index in [0.717, 1.165) is 33.8 Å². The second-order valence-corrected chi connectivity index (χ2v) is 9.66. The Morgan fingerprint density at radius 1 is 1.08 bits per heavy atom. The lowest BCUT2D eigenvalue weighted by Crippen LogP contribution is -2.22. The third-order valence-electron chi connectivity index (χ3n) is 4.04. The van der Waals surface area contributed by atoms with Crippen molar-refractivity contribution >= 4 is 32.7 Å². The largest absolute Gasteiger partial charge is 0.250 e. The second kappa shape index (κ2) is 7.37. The molecule has 0 saturated carbocycles. The first kappa shape index (κ1) is 18.3. The summed E-state index contributed by atoms with van der Waals surface area (Å²) in [6, 6.07) is 7.67. The molecule has 0 aliphatic heterocycles. The van der Waals surface area contributed by atoms with Crippen LogP contribution < -0.4 is 4.72 Å². The molecule has 25 heavy (non-hydrogen) atoms. The Balaban J connectivity index is 1.75. The smallest absolute Gasteiger partial charge is 0.241 e. The molecule has 132 valence electrons. The van der Waals surface area contributed by atoms with Gasteiger partial charge in [0.05, 0.1) is 5.69 Å². The summed E-state index contributed by atoms with van der Waals surface area (Å²) in [7, 11) is -3.52. The van der Waals surface area contributed by atoms with Gasteiger partial charge in [-0.15, -0.1) is 22.7 Å². The number of thiophene rings is 1. The van der Waals surface area contributed by atoms with Crippen molar-refractivity contribution in [3.63, 3.8) is 0 Å². The molecule has 0 atom stereocenters. The fourth-order valence-corrected chi connectivity index (χ4v) is 5.53. The van der Waals surface area contributed by atoms with Gasteiger partial charge in [-0.3, -0.25) is 0 Å². The van der Waals surface area contributed by atoms with Crippen molar-refractivity contribution in [3.8, 4) is 10.6 Å². The molecule has 0 spiro atoms. The fraction of sp³-hybridized carbons (Fsp3) is 0.278. The Morgan fingerprint density at radius 3 is 2.56 bits per heavy atom. The van der Waals surface area contributed by atoms with Crippen LogP contribution in [-0.4, -0.2) is 13.4 Å². The monoisotopic (exact) mass is 392 g/mol. The molecule has 0 radical (unpaired) electrons. The van der Waals surface area contributed by atoms with Crippen molar-refractivity contribution in [2.45, 2.75) is 37.9 Å². The Kier molecular flexibility index (Phi) is 5.38. The summed E-state index contributed by atoms with van der Waals surface area (Å²) >= 11 is 2.77. The number of thiazole rings is 1. The summed E-state index contributed by atoms with van der Waals surface area (Å²) < 4.78 is 28.1. The van der Waals surface area contributed by atoms with Gasteiger partial charge in [0.25, 0.3) is 0 Å². The van der Waals surface area contributed by atoms with Gasteiger partial charge in [0.1, 0.15) is 9.22 Å². The Morgan fingerprint density at radius 2 is 1.88 bits per heavy atom. The van der Waals surface area contributed by atoms with Crippen LogP contribution in [0, 0.1) is 13.8 Å². The van der Waals surface area contributed by atoms with Crippen LogP contribution in [-0.2, 0) is 23.0 Å². The highest BCUT2D eigenvalue weighted by molar-refractivity contribution is 7.91. The molecule has 1 N–H and O–H groups in total. The van der Waals surface area contributed by atoms with E-state index in [0.29, 0.717) is 4.21 Å². The highest BCUT2D eigenvalue weighted by atomic mass is 32.2. The van der Waals surface area contributed by atoms with E-state index < -0.39 is 10.0 Å². The summed E-state index contributed by atoms with van der Waals surface area (Å²) in [6.45, 7) is 6.41. The van der Waals surface area contributed by atoms with Crippen LogP contribution in [0.4, 0.5) is 0 Å². The van der Waals surface area contributed by atoms with E-state index in [1.165, 1.54) is 16.9 Å². The zero-order valence-electron chi connectivity index (χ0n) is 14.4. The number of rotatable bonds is 6. The number of nitrogens with zero attached hydrogens (tertiary/aromatic N) is 1. The van der Waals surface area contributed by atoms with Gasteiger partial charge < -0.3 is 0 Å². The van der Waals surface area contributed by atoms with E-state index in [1.807, 2.05) is 42.8 Å². The normalized spacial score (nSPS) is 11.8. The van der Waals surface area contributed by atoms with Crippen molar-refractivity contribution in [1.82, 2.24) is 9.71 Å². The minimum Gasteiger partial charge on any atom is -0.241 e. The maximum Gasteiger partial charge on any atom is 0.250 e. The highest BCUT2D eigenvalue weighted by Crippen LogP contribution is 2.30. The van der Waals surface area contributed by atoms with Crippen LogP contribution >= 0.6 is 22.7 Å². The molecule has 0 saturated heterocycles. The van der Waals surface area contributed by atoms with Crippen LogP contribution in [0.5, 0.6) is 0 Å². The third-order valence-corrected chi connectivity index (χ3v) is 7.82. The fourth-order valence-electron chi connectivity index (χ4n) is 2.33. The lowest BCUT2D eigenvalue weighted by Gasteiger charge is -2.07. The standard InChI is InChI=1S/C18H20N2O2S3/c1-4-16-11-24-18(20-16)15-8-17(23-10-15)25(21,22)19-9-14-6-5-12(2)13(3)7-14/h5-8,10-11,19H,4,9H2,1-3H3. The molecule has 0 fully saturated rings. The number of hydrogen-bond donors (Lipinski definition) is 1. The summed E-state index contributed by atoms with van der Waals surface area (Å²) in [4.78, 5) is 4.52. The molecule has 7 heteroatoms. The minimum absolute atomic E-state index is 0.286. The molecule has 2 aromatic heterocycles. The molecular formula is C18H20N2O2S3. The van der Waals surface area contributed by atoms with Crippen LogP contribution in [0.25, 0.3) is 10.6 Å². The van der Waals surface area contributed by atoms with E-state index in [9.17, 15) is 8.42 Å². The lowest BCUT2D eigenvalue weighted by molar-refractivity contribution is 0.583. The van der Waals surface area contributed by atoms with Gasteiger partial charge in [-0.25, -0.2) is 18.1 Å². The number of sulfonamides is 1. The Bertz CT molecular complexity index is 987. The Labute approximate surface area is 156 Å². The van der Waals surface area contributed by atoms with Gasteiger partial charge >= 0.3 is 0 Å². The van der Waals surface area contributed by atoms with Crippen molar-refractivity contribution in [2.75, 3.05) is 0 Å². The average molecular weight is 393 g/mol. The molecule has 3 rings (SSSR count). The van der Waals surface area contributed by atoms with Crippen LogP contribution in [0.2, 0.25) is 0 Å². The van der Waals surface area contributed by atoms with Crippen LogP contribution in [0.15, 0.2) is 39.2 Å². The first-order valence-electron chi connectivity index (χ1n) is 7.98. The molecule has 2 heterocycles. The van der Waals surface area contributed by atoms with E-state index >= 15 is 0 Å². The SMILES string of the molecule is CCc1csc(-c2csc(S(=O)(=O)NCc3ccc(C)c(C)c3)c2)n1. The molecular weight excluding hydrogens is 372 g/mol. The lowest BCUT2D eigenvalue weighted by atomic mass is 10.1. The molecule has 1 aromatic carbocycles. The Hall–Kier alpha value is -1.54. The molecule has 0 aliphatic rings. The van der Waals surface area contributed by atoms with Crippen molar-refractivity contribution < 1.29 is 8.42 Å². The zero-order valence-corrected chi connectivity index (χ0v) is 16.8. The summed E-state index contributed by atoms with van der Waals surface area (Å²) in [5, 5.41) is 4.73. The summed E-state index contributed by atoms with van der Waals surface area (Å²) in [5.74, 6) is 0. The number of aryl methyl sites for hydroxylation is 3. The average Bonchev–Trinajstić information content (AvgIpc) is 3.25. The van der Waals surface area contributed by atoms with Crippen molar-refractivity contribution in [3.05, 3.63) is 57.4 Å². The summed E-state index contributed by atoms with van der Waals surface area (Å²) in [6.07, 6.45) is 0.878.